The highest BCUT2D eigenvalue weighted by Crippen LogP contribution is 2.11. The molecule has 3 nitrogen and oxygen atoms in total. The summed E-state index contributed by atoms with van der Waals surface area (Å²) in [6.45, 7) is 3.85. The molecule has 0 radical (unpaired) electrons. The molecular weight excluding hydrogens is 156 g/mol. The molecule has 0 aliphatic heterocycles. The number of esters is 1. The molecule has 70 valence electrons. The third-order valence-electron chi connectivity index (χ3n) is 1.84. The fourth-order valence-electron chi connectivity index (χ4n) is 0.994. The van der Waals surface area contributed by atoms with Crippen LogP contribution in [0.15, 0.2) is 0 Å². The van der Waals surface area contributed by atoms with E-state index in [-0.39, 0.29) is 5.97 Å². The molecule has 0 fully saturated rings. The number of carbonyl (C=O) groups excluding carboxylic acids is 2. The van der Waals surface area contributed by atoms with E-state index in [2.05, 4.69) is 0 Å². The summed E-state index contributed by atoms with van der Waals surface area (Å²) in [5, 5.41) is 0. The molecule has 0 amide bonds. The van der Waals surface area contributed by atoms with Crippen molar-refractivity contribution in [1.29, 1.82) is 0 Å². The molecule has 0 aromatic carbocycles. The van der Waals surface area contributed by atoms with E-state index in [1.807, 2.05) is 6.92 Å². The Hall–Kier alpha value is -0.860. The predicted octanol–water partition coefficient (Wildman–Crippen LogP) is 1.55. The van der Waals surface area contributed by atoms with E-state index >= 15 is 0 Å². The zero-order valence-electron chi connectivity index (χ0n) is 7.71. The normalized spacial score (nSPS) is 12.2. The quantitative estimate of drug-likeness (QED) is 0.451. The van der Waals surface area contributed by atoms with Gasteiger partial charge in [0.25, 0.3) is 0 Å². The summed E-state index contributed by atoms with van der Waals surface area (Å²) in [5.74, 6) is 0.109. The van der Waals surface area contributed by atoms with Gasteiger partial charge in [0.2, 0.25) is 0 Å². The van der Waals surface area contributed by atoms with E-state index in [4.69, 9.17) is 4.74 Å². The van der Waals surface area contributed by atoms with E-state index in [0.29, 0.717) is 18.9 Å². The monoisotopic (exact) mass is 172 g/mol. The van der Waals surface area contributed by atoms with Crippen LogP contribution < -0.4 is 0 Å². The average molecular weight is 172 g/mol. The molecule has 0 spiro atoms. The molecule has 0 aromatic heterocycles. The van der Waals surface area contributed by atoms with Crippen molar-refractivity contribution in [2.24, 2.45) is 5.92 Å². The molecule has 0 N–H and O–H groups in total. The first kappa shape index (κ1) is 11.1. The van der Waals surface area contributed by atoms with E-state index in [0.717, 1.165) is 19.1 Å². The van der Waals surface area contributed by atoms with Crippen molar-refractivity contribution >= 4 is 12.3 Å². The van der Waals surface area contributed by atoms with E-state index < -0.39 is 0 Å². The summed E-state index contributed by atoms with van der Waals surface area (Å²) in [7, 11) is 0. The van der Waals surface area contributed by atoms with Crippen molar-refractivity contribution < 1.29 is 14.3 Å². The number of aldehydes is 1. The van der Waals surface area contributed by atoms with Crippen LogP contribution in [0.3, 0.4) is 0 Å². The van der Waals surface area contributed by atoms with Crippen LogP contribution in [0.1, 0.15) is 33.1 Å². The van der Waals surface area contributed by atoms with E-state index in [1.165, 1.54) is 6.92 Å². The Kier molecular flexibility index (Phi) is 6.34. The second-order valence-corrected chi connectivity index (χ2v) is 2.81. The van der Waals surface area contributed by atoms with Crippen LogP contribution in [0.4, 0.5) is 0 Å². The van der Waals surface area contributed by atoms with Gasteiger partial charge in [0.05, 0.1) is 6.61 Å². The Morgan fingerprint density at radius 3 is 2.67 bits per heavy atom. The van der Waals surface area contributed by atoms with Crippen LogP contribution in [0.25, 0.3) is 0 Å². The largest absolute Gasteiger partial charge is 0.466 e. The van der Waals surface area contributed by atoms with Crippen LogP contribution >= 0.6 is 0 Å². The Bertz CT molecular complexity index is 143. The molecule has 1 unspecified atom stereocenters. The molecule has 0 aliphatic rings. The van der Waals surface area contributed by atoms with Crippen LogP contribution in [0, 0.1) is 5.92 Å². The number of hydrogen-bond donors (Lipinski definition) is 0. The standard InChI is InChI=1S/C9H16O3/c1-3-9(4-6-10)5-7-12-8(2)11/h6,9H,3-5,7H2,1-2H3. The second kappa shape index (κ2) is 6.83. The fraction of sp³-hybridized carbons (Fsp3) is 0.778. The number of rotatable bonds is 6. The molecule has 0 saturated carbocycles. The molecule has 0 heterocycles. The van der Waals surface area contributed by atoms with Gasteiger partial charge in [-0.2, -0.15) is 0 Å². The van der Waals surface area contributed by atoms with Crippen LogP contribution in [-0.4, -0.2) is 18.9 Å². The third-order valence-corrected chi connectivity index (χ3v) is 1.84. The summed E-state index contributed by atoms with van der Waals surface area (Å²) in [4.78, 5) is 20.5. The zero-order chi connectivity index (χ0) is 9.40. The second-order valence-electron chi connectivity index (χ2n) is 2.81. The summed E-state index contributed by atoms with van der Waals surface area (Å²) < 4.78 is 4.77. The lowest BCUT2D eigenvalue weighted by atomic mass is 10.00. The summed E-state index contributed by atoms with van der Waals surface area (Å²) >= 11 is 0. The maximum Gasteiger partial charge on any atom is 0.302 e. The van der Waals surface area contributed by atoms with Gasteiger partial charge in [-0.25, -0.2) is 0 Å². The Balaban J connectivity index is 3.43. The van der Waals surface area contributed by atoms with Gasteiger partial charge in [0.15, 0.2) is 0 Å². The molecule has 0 saturated heterocycles. The molecule has 0 aromatic rings. The van der Waals surface area contributed by atoms with Crippen molar-refractivity contribution in [3.8, 4) is 0 Å². The zero-order valence-corrected chi connectivity index (χ0v) is 7.71. The first-order chi connectivity index (χ1) is 5.70. The first-order valence-electron chi connectivity index (χ1n) is 4.27. The van der Waals surface area contributed by atoms with Gasteiger partial charge < -0.3 is 9.53 Å². The summed E-state index contributed by atoms with van der Waals surface area (Å²) in [6.07, 6.45) is 3.23. The molecule has 0 aliphatic carbocycles. The van der Waals surface area contributed by atoms with Crippen LogP contribution in [0.5, 0.6) is 0 Å². The lowest BCUT2D eigenvalue weighted by Crippen LogP contribution is -2.07. The van der Waals surface area contributed by atoms with Gasteiger partial charge in [0.1, 0.15) is 6.29 Å². The van der Waals surface area contributed by atoms with E-state index in [9.17, 15) is 9.59 Å². The minimum absolute atomic E-state index is 0.254. The van der Waals surface area contributed by atoms with Gasteiger partial charge in [0, 0.05) is 13.3 Å². The van der Waals surface area contributed by atoms with Crippen molar-refractivity contribution in [1.82, 2.24) is 0 Å². The minimum atomic E-state index is -0.254. The van der Waals surface area contributed by atoms with Gasteiger partial charge in [-0.15, -0.1) is 0 Å². The molecule has 0 bridgehead atoms. The van der Waals surface area contributed by atoms with Gasteiger partial charge in [-0.3, -0.25) is 4.79 Å². The Morgan fingerprint density at radius 1 is 1.58 bits per heavy atom. The predicted molar refractivity (Wildman–Crippen MR) is 45.7 cm³/mol. The highest BCUT2D eigenvalue weighted by atomic mass is 16.5. The first-order valence-corrected chi connectivity index (χ1v) is 4.27. The SMILES string of the molecule is CCC(CC=O)CCOC(C)=O. The average Bonchev–Trinajstić information content (AvgIpc) is 2.02. The molecule has 1 atom stereocenters. The van der Waals surface area contributed by atoms with Gasteiger partial charge in [-0.1, -0.05) is 13.3 Å². The molecule has 12 heavy (non-hydrogen) atoms. The highest BCUT2D eigenvalue weighted by molar-refractivity contribution is 5.65. The van der Waals surface area contributed by atoms with Crippen molar-refractivity contribution in [3.05, 3.63) is 0 Å². The molecule has 3 heteroatoms. The maximum atomic E-state index is 10.4. The van der Waals surface area contributed by atoms with Crippen molar-refractivity contribution in [2.75, 3.05) is 6.61 Å². The lowest BCUT2D eigenvalue weighted by molar-refractivity contribution is -0.141. The molecule has 0 rings (SSSR count). The Labute approximate surface area is 73.1 Å². The van der Waals surface area contributed by atoms with Crippen molar-refractivity contribution in [3.63, 3.8) is 0 Å². The summed E-state index contributed by atoms with van der Waals surface area (Å²) in [6, 6.07) is 0. The van der Waals surface area contributed by atoms with E-state index in [1.54, 1.807) is 0 Å². The third kappa shape index (κ3) is 5.89. The smallest absolute Gasteiger partial charge is 0.302 e. The summed E-state index contributed by atoms with van der Waals surface area (Å²) in [5.41, 5.74) is 0. The highest BCUT2D eigenvalue weighted by Gasteiger charge is 2.05. The maximum absolute atomic E-state index is 10.4. The fourth-order valence-corrected chi connectivity index (χ4v) is 0.994. The van der Waals surface area contributed by atoms with Gasteiger partial charge in [-0.05, 0) is 12.3 Å². The van der Waals surface area contributed by atoms with Crippen LogP contribution in [0.2, 0.25) is 0 Å². The lowest BCUT2D eigenvalue weighted by Gasteiger charge is -2.10. The molecular formula is C9H16O3. The van der Waals surface area contributed by atoms with Gasteiger partial charge >= 0.3 is 5.97 Å². The van der Waals surface area contributed by atoms with Crippen LogP contribution in [-0.2, 0) is 14.3 Å². The van der Waals surface area contributed by atoms with Crippen molar-refractivity contribution in [2.45, 2.75) is 33.1 Å². The minimum Gasteiger partial charge on any atom is -0.466 e. The topological polar surface area (TPSA) is 43.4 Å². The Morgan fingerprint density at radius 2 is 2.25 bits per heavy atom. The number of hydrogen-bond acceptors (Lipinski definition) is 3. The number of ether oxygens (including phenoxy) is 1. The number of carbonyl (C=O) groups is 2.